The second-order valence-electron chi connectivity index (χ2n) is 5.49. The lowest BCUT2D eigenvalue weighted by Gasteiger charge is -2.33. The van der Waals surface area contributed by atoms with Crippen LogP contribution in [0.3, 0.4) is 0 Å². The SMILES string of the molecule is O=C(NC1CCCN(c2ncccn2)C1)[C@H]1CCCN1. The van der Waals surface area contributed by atoms with Gasteiger partial charge in [0, 0.05) is 31.5 Å². The molecule has 0 radical (unpaired) electrons. The van der Waals surface area contributed by atoms with Gasteiger partial charge in [0.15, 0.2) is 0 Å². The predicted molar refractivity (Wildman–Crippen MR) is 76.4 cm³/mol. The molecule has 2 fully saturated rings. The van der Waals surface area contributed by atoms with Gasteiger partial charge in [0.25, 0.3) is 0 Å². The summed E-state index contributed by atoms with van der Waals surface area (Å²) in [6.45, 7) is 2.70. The summed E-state index contributed by atoms with van der Waals surface area (Å²) in [6, 6.07) is 2.01. The zero-order valence-corrected chi connectivity index (χ0v) is 11.6. The van der Waals surface area contributed by atoms with Crippen LogP contribution in [0.5, 0.6) is 0 Å². The number of carbonyl (C=O) groups excluding carboxylic acids is 1. The van der Waals surface area contributed by atoms with E-state index in [1.807, 2.05) is 6.07 Å². The second kappa shape index (κ2) is 6.17. The fraction of sp³-hybridized carbons (Fsp3) is 0.643. The lowest BCUT2D eigenvalue weighted by molar-refractivity contribution is -0.123. The van der Waals surface area contributed by atoms with Crippen molar-refractivity contribution in [2.24, 2.45) is 0 Å². The normalized spacial score (nSPS) is 26.5. The summed E-state index contributed by atoms with van der Waals surface area (Å²) in [5.41, 5.74) is 0. The molecule has 0 aromatic carbocycles. The molecule has 108 valence electrons. The predicted octanol–water partition coefficient (Wildman–Crippen LogP) is 0.314. The summed E-state index contributed by atoms with van der Waals surface area (Å²) in [7, 11) is 0. The highest BCUT2D eigenvalue weighted by Crippen LogP contribution is 2.15. The molecule has 2 aliphatic heterocycles. The first kappa shape index (κ1) is 13.3. The van der Waals surface area contributed by atoms with Crippen LogP contribution in [0.25, 0.3) is 0 Å². The summed E-state index contributed by atoms with van der Waals surface area (Å²) in [5.74, 6) is 0.897. The van der Waals surface area contributed by atoms with Gasteiger partial charge in [-0.25, -0.2) is 9.97 Å². The summed E-state index contributed by atoms with van der Waals surface area (Å²) in [6.07, 6.45) is 7.64. The third-order valence-corrected chi connectivity index (χ3v) is 3.98. The number of rotatable bonds is 3. The van der Waals surface area contributed by atoms with E-state index < -0.39 is 0 Å². The van der Waals surface area contributed by atoms with E-state index in [9.17, 15) is 4.79 Å². The van der Waals surface area contributed by atoms with Gasteiger partial charge in [0.1, 0.15) is 0 Å². The molecule has 2 saturated heterocycles. The number of hydrogen-bond acceptors (Lipinski definition) is 5. The monoisotopic (exact) mass is 275 g/mol. The topological polar surface area (TPSA) is 70.2 Å². The molecule has 3 rings (SSSR count). The van der Waals surface area contributed by atoms with Crippen molar-refractivity contribution in [1.82, 2.24) is 20.6 Å². The van der Waals surface area contributed by atoms with Gasteiger partial charge in [0.05, 0.1) is 6.04 Å². The van der Waals surface area contributed by atoms with Crippen LogP contribution in [0.1, 0.15) is 25.7 Å². The average molecular weight is 275 g/mol. The Labute approximate surface area is 119 Å². The first-order valence-electron chi connectivity index (χ1n) is 7.38. The first-order valence-corrected chi connectivity index (χ1v) is 7.38. The van der Waals surface area contributed by atoms with Crippen LogP contribution in [0.2, 0.25) is 0 Å². The molecule has 0 spiro atoms. The average Bonchev–Trinajstić information content (AvgIpc) is 3.03. The van der Waals surface area contributed by atoms with Gasteiger partial charge >= 0.3 is 0 Å². The maximum Gasteiger partial charge on any atom is 0.237 e. The lowest BCUT2D eigenvalue weighted by Crippen LogP contribution is -2.52. The van der Waals surface area contributed by atoms with Crippen molar-refractivity contribution in [3.05, 3.63) is 18.5 Å². The molecule has 1 aromatic heterocycles. The van der Waals surface area contributed by atoms with Crippen molar-refractivity contribution in [2.75, 3.05) is 24.5 Å². The lowest BCUT2D eigenvalue weighted by atomic mass is 10.1. The van der Waals surface area contributed by atoms with Crippen molar-refractivity contribution in [3.8, 4) is 0 Å². The van der Waals surface area contributed by atoms with E-state index in [1.54, 1.807) is 12.4 Å². The largest absolute Gasteiger partial charge is 0.350 e. The second-order valence-corrected chi connectivity index (χ2v) is 5.49. The Bertz CT molecular complexity index is 446. The molecule has 0 aliphatic carbocycles. The van der Waals surface area contributed by atoms with Crippen LogP contribution in [-0.2, 0) is 4.79 Å². The quantitative estimate of drug-likeness (QED) is 0.831. The van der Waals surface area contributed by atoms with E-state index in [4.69, 9.17) is 0 Å². The van der Waals surface area contributed by atoms with E-state index in [2.05, 4.69) is 25.5 Å². The maximum atomic E-state index is 12.1. The number of amides is 1. The van der Waals surface area contributed by atoms with Gasteiger partial charge in [0.2, 0.25) is 11.9 Å². The Kier molecular flexibility index (Phi) is 4.11. The highest BCUT2D eigenvalue weighted by atomic mass is 16.2. The molecule has 6 heteroatoms. The molecule has 0 bridgehead atoms. The smallest absolute Gasteiger partial charge is 0.237 e. The molecule has 3 heterocycles. The molecule has 20 heavy (non-hydrogen) atoms. The third kappa shape index (κ3) is 3.07. The van der Waals surface area contributed by atoms with Gasteiger partial charge < -0.3 is 15.5 Å². The number of nitrogens with one attached hydrogen (secondary N) is 2. The molecule has 1 aromatic rings. The zero-order chi connectivity index (χ0) is 13.8. The van der Waals surface area contributed by atoms with Gasteiger partial charge in [-0.1, -0.05) is 0 Å². The number of hydrogen-bond donors (Lipinski definition) is 2. The number of nitrogens with zero attached hydrogens (tertiary/aromatic N) is 3. The summed E-state index contributed by atoms with van der Waals surface area (Å²) in [4.78, 5) is 22.8. The molecular formula is C14H21N5O. The van der Waals surface area contributed by atoms with Crippen LogP contribution in [0.4, 0.5) is 5.95 Å². The van der Waals surface area contributed by atoms with Crippen LogP contribution < -0.4 is 15.5 Å². The van der Waals surface area contributed by atoms with E-state index in [1.165, 1.54) is 0 Å². The van der Waals surface area contributed by atoms with Crippen LogP contribution in [0.15, 0.2) is 18.5 Å². The fourth-order valence-electron chi connectivity index (χ4n) is 2.94. The standard InChI is InChI=1S/C14H21N5O/c20-13(12-5-1-6-15-12)18-11-4-2-9-19(10-11)14-16-7-3-8-17-14/h3,7-8,11-12,15H,1-2,4-6,9-10H2,(H,18,20)/t11?,12-/m1/s1. The minimum absolute atomic E-state index is 0.00153. The Balaban J connectivity index is 1.56. The summed E-state index contributed by atoms with van der Waals surface area (Å²) < 4.78 is 0. The van der Waals surface area contributed by atoms with Crippen molar-refractivity contribution in [3.63, 3.8) is 0 Å². The van der Waals surface area contributed by atoms with Gasteiger partial charge in [-0.15, -0.1) is 0 Å². The summed E-state index contributed by atoms with van der Waals surface area (Å²) in [5, 5.41) is 6.40. The highest BCUT2D eigenvalue weighted by molar-refractivity contribution is 5.82. The molecule has 1 unspecified atom stereocenters. The molecular weight excluding hydrogens is 254 g/mol. The van der Waals surface area contributed by atoms with E-state index in [-0.39, 0.29) is 18.0 Å². The van der Waals surface area contributed by atoms with Crippen LogP contribution in [-0.4, -0.2) is 47.6 Å². The number of anilines is 1. The Hall–Kier alpha value is -1.69. The molecule has 2 aliphatic rings. The van der Waals surface area contributed by atoms with Gasteiger partial charge in [-0.3, -0.25) is 4.79 Å². The molecule has 2 atom stereocenters. The fourth-order valence-corrected chi connectivity index (χ4v) is 2.94. The molecule has 1 amide bonds. The Morgan fingerprint density at radius 2 is 2.15 bits per heavy atom. The van der Waals surface area contributed by atoms with Crippen molar-refractivity contribution >= 4 is 11.9 Å². The van der Waals surface area contributed by atoms with E-state index in [0.29, 0.717) is 0 Å². The maximum absolute atomic E-state index is 12.1. The highest BCUT2D eigenvalue weighted by Gasteiger charge is 2.27. The van der Waals surface area contributed by atoms with E-state index >= 15 is 0 Å². The van der Waals surface area contributed by atoms with Crippen molar-refractivity contribution in [2.45, 2.75) is 37.8 Å². The zero-order valence-electron chi connectivity index (χ0n) is 11.6. The molecule has 0 saturated carbocycles. The molecule has 2 N–H and O–H groups in total. The number of aromatic nitrogens is 2. The van der Waals surface area contributed by atoms with Crippen LogP contribution >= 0.6 is 0 Å². The summed E-state index contributed by atoms with van der Waals surface area (Å²) >= 11 is 0. The van der Waals surface area contributed by atoms with Gasteiger partial charge in [-0.2, -0.15) is 0 Å². The Morgan fingerprint density at radius 1 is 1.30 bits per heavy atom. The van der Waals surface area contributed by atoms with Gasteiger partial charge in [-0.05, 0) is 38.3 Å². The first-order chi connectivity index (χ1) is 9.83. The van der Waals surface area contributed by atoms with Crippen LogP contribution in [0, 0.1) is 0 Å². The van der Waals surface area contributed by atoms with Crippen molar-refractivity contribution < 1.29 is 4.79 Å². The molecule has 6 nitrogen and oxygen atoms in total. The Morgan fingerprint density at radius 3 is 2.90 bits per heavy atom. The van der Waals surface area contributed by atoms with E-state index in [0.717, 1.165) is 51.3 Å². The minimum atomic E-state index is -0.00153. The third-order valence-electron chi connectivity index (χ3n) is 3.98. The number of piperidine rings is 1. The minimum Gasteiger partial charge on any atom is -0.350 e. The number of carbonyl (C=O) groups is 1. The van der Waals surface area contributed by atoms with Crippen molar-refractivity contribution in [1.29, 1.82) is 0 Å².